The van der Waals surface area contributed by atoms with E-state index >= 15 is 0 Å². The molecule has 0 aliphatic carbocycles. The Kier molecular flexibility index (Phi) is 21.8. The first-order valence-electron chi connectivity index (χ1n) is 28.2. The minimum Gasteiger partial charge on any atom is -0.418 e. The normalized spacial score (nSPS) is 11.6. The Labute approximate surface area is 511 Å². The lowest BCUT2D eigenvalue weighted by Gasteiger charge is -2.31. The Bertz CT molecular complexity index is 3440. The first kappa shape index (κ1) is 64.0. The van der Waals surface area contributed by atoms with Gasteiger partial charge < -0.3 is 34.5 Å². The fourth-order valence-corrected chi connectivity index (χ4v) is 29.5. The topological polar surface area (TPSA) is 24.7 Å². The minimum atomic E-state index is -6.00. The third-order valence-corrected chi connectivity index (χ3v) is 30.9. The third-order valence-electron chi connectivity index (χ3n) is 14.1. The molecule has 12 aromatic rings. The average molecular weight is 1250 g/mol. The molecular formula is C72H60B2F8N2P4. The fourth-order valence-electron chi connectivity index (χ4n) is 10.5. The molecule has 0 amide bonds. The summed E-state index contributed by atoms with van der Waals surface area (Å²) in [6.07, 6.45) is 0. The number of hydrogen-bond acceptors (Lipinski definition) is 2. The molecule has 0 aliphatic heterocycles. The highest BCUT2D eigenvalue weighted by molar-refractivity contribution is 8.02. The van der Waals surface area contributed by atoms with Gasteiger partial charge in [0.05, 0.1) is 0 Å². The van der Waals surface area contributed by atoms with E-state index in [0.717, 1.165) is 0 Å². The van der Waals surface area contributed by atoms with Crippen LogP contribution in [-0.4, -0.2) is 14.5 Å². The maximum atomic E-state index is 9.75. The van der Waals surface area contributed by atoms with Crippen LogP contribution in [0, 0.1) is 0 Å². The highest BCUT2D eigenvalue weighted by Crippen LogP contribution is 2.67. The van der Waals surface area contributed by atoms with Gasteiger partial charge in [-0.2, -0.15) is 0 Å². The molecule has 0 aliphatic rings. The van der Waals surface area contributed by atoms with E-state index in [1.807, 2.05) is 0 Å². The van der Waals surface area contributed by atoms with Crippen LogP contribution in [0.5, 0.6) is 0 Å². The van der Waals surface area contributed by atoms with Gasteiger partial charge in [0.2, 0.25) is 14.8 Å². The lowest BCUT2D eigenvalue weighted by Crippen LogP contribution is -2.32. The molecule has 88 heavy (non-hydrogen) atoms. The Hall–Kier alpha value is -8.47. The number of benzene rings is 12. The van der Waals surface area contributed by atoms with Gasteiger partial charge in [0, 0.05) is 31.8 Å². The molecule has 0 atom stereocenters. The molecule has 0 radical (unpaired) electrons. The van der Waals surface area contributed by atoms with E-state index in [2.05, 4.69) is 364 Å². The largest absolute Gasteiger partial charge is 0.673 e. The van der Waals surface area contributed by atoms with Crippen LogP contribution >= 0.6 is 28.9 Å². The molecule has 0 fully saturated rings. The van der Waals surface area contributed by atoms with Crippen molar-refractivity contribution in [2.45, 2.75) is 0 Å². The SMILES string of the molecule is F[B-](F)(F)F.F[B-](F)(F)F.c1ccc(P(=N[P+](c2ccccc2)(c2ccccc2)c2ccccc2)(c2ccccc2)c2ccccc2)cc1.c1ccc(P(=N[P+](c2ccccc2)(c2ccccc2)c2ccccc2)(c2ccccc2)c2ccccc2)cc1. The Morgan fingerprint density at radius 3 is 0.398 bits per heavy atom. The van der Waals surface area contributed by atoms with Crippen molar-refractivity contribution in [2.75, 3.05) is 0 Å². The molecule has 0 spiro atoms. The summed E-state index contributed by atoms with van der Waals surface area (Å²) in [5, 5.41) is 15.1. The fraction of sp³-hybridized carbons (Fsp3) is 0. The Balaban J connectivity index is 0.000000182. The Morgan fingerprint density at radius 1 is 0.182 bits per heavy atom. The van der Waals surface area contributed by atoms with E-state index < -0.39 is 43.4 Å². The van der Waals surface area contributed by atoms with E-state index in [1.54, 1.807) is 0 Å². The van der Waals surface area contributed by atoms with Crippen LogP contribution in [0.25, 0.3) is 0 Å². The maximum Gasteiger partial charge on any atom is 0.673 e. The van der Waals surface area contributed by atoms with Crippen molar-refractivity contribution in [1.82, 2.24) is 0 Å². The molecule has 12 aromatic carbocycles. The second-order valence-electron chi connectivity index (χ2n) is 19.7. The molecule has 2 nitrogen and oxygen atoms in total. The van der Waals surface area contributed by atoms with E-state index in [4.69, 9.17) is 9.03 Å². The molecule has 16 heteroatoms. The van der Waals surface area contributed by atoms with Crippen molar-refractivity contribution in [3.05, 3.63) is 364 Å². The molecule has 440 valence electrons. The van der Waals surface area contributed by atoms with Crippen molar-refractivity contribution < 1.29 is 34.5 Å². The molecule has 0 aromatic heterocycles. The summed E-state index contributed by atoms with van der Waals surface area (Å²) in [5.41, 5.74) is 0. The van der Waals surface area contributed by atoms with Crippen LogP contribution in [0.15, 0.2) is 373 Å². The number of halogens is 8. The van der Waals surface area contributed by atoms with Crippen molar-refractivity contribution in [3.8, 4) is 0 Å². The predicted octanol–water partition coefficient (Wildman–Crippen LogP) is 16.7. The van der Waals surface area contributed by atoms with E-state index in [1.165, 1.54) is 63.7 Å². The summed E-state index contributed by atoms with van der Waals surface area (Å²) in [5.74, 6) is 0. The first-order chi connectivity index (χ1) is 42.7. The van der Waals surface area contributed by atoms with Crippen LogP contribution in [0.2, 0.25) is 0 Å². The quantitative estimate of drug-likeness (QED) is 0.0589. The van der Waals surface area contributed by atoms with Crippen LogP contribution < -0.4 is 63.7 Å². The van der Waals surface area contributed by atoms with Crippen LogP contribution in [0.4, 0.5) is 34.5 Å². The Morgan fingerprint density at radius 2 is 0.284 bits per heavy atom. The summed E-state index contributed by atoms with van der Waals surface area (Å²) < 4.78 is 90.8. The molecule has 0 saturated heterocycles. The van der Waals surface area contributed by atoms with Crippen molar-refractivity contribution in [1.29, 1.82) is 0 Å². The van der Waals surface area contributed by atoms with Crippen LogP contribution in [-0.2, 0) is 0 Å². The smallest absolute Gasteiger partial charge is 0.418 e. The van der Waals surface area contributed by atoms with Gasteiger partial charge in [-0.1, -0.05) is 291 Å². The van der Waals surface area contributed by atoms with Gasteiger partial charge >= 0.3 is 14.5 Å². The van der Waals surface area contributed by atoms with Gasteiger partial charge in [-0.25, -0.2) is 0 Å². The van der Waals surface area contributed by atoms with Crippen molar-refractivity contribution in [2.24, 2.45) is 9.03 Å². The summed E-state index contributed by atoms with van der Waals surface area (Å²) in [7, 11) is -22.0. The van der Waals surface area contributed by atoms with Gasteiger partial charge in [0.25, 0.3) is 0 Å². The van der Waals surface area contributed by atoms with Gasteiger partial charge in [-0.05, 0) is 72.8 Å². The van der Waals surface area contributed by atoms with E-state index in [9.17, 15) is 34.5 Å². The molecule has 0 saturated carbocycles. The number of rotatable bonds is 14. The molecule has 0 unspecified atom stereocenters. The summed E-state index contributed by atoms with van der Waals surface area (Å²) >= 11 is 0. The number of nitrogens with zero attached hydrogens (tertiary/aromatic N) is 2. The minimum absolute atomic E-state index is 1.26. The van der Waals surface area contributed by atoms with Gasteiger partial charge in [0.15, 0.2) is 0 Å². The summed E-state index contributed by atoms with van der Waals surface area (Å²) in [6.45, 7) is 0. The molecule has 0 N–H and O–H groups in total. The van der Waals surface area contributed by atoms with Crippen molar-refractivity contribution >= 4 is 107 Å². The lowest BCUT2D eigenvalue weighted by atomic mass is 10.3. The average Bonchev–Trinajstić information content (AvgIpc) is 0.837. The van der Waals surface area contributed by atoms with Crippen LogP contribution in [0.1, 0.15) is 0 Å². The second kappa shape index (κ2) is 30.0. The predicted molar refractivity (Wildman–Crippen MR) is 366 cm³/mol. The van der Waals surface area contributed by atoms with E-state index in [-0.39, 0.29) is 0 Å². The summed E-state index contributed by atoms with van der Waals surface area (Å²) in [6, 6.07) is 131. The third kappa shape index (κ3) is 15.4. The summed E-state index contributed by atoms with van der Waals surface area (Å²) in [4.78, 5) is 0. The molecule has 12 rings (SSSR count). The lowest BCUT2D eigenvalue weighted by molar-refractivity contribution is 0.366. The highest BCUT2D eigenvalue weighted by atomic mass is 31.2. The zero-order valence-corrected chi connectivity index (χ0v) is 51.1. The zero-order valence-electron chi connectivity index (χ0n) is 47.5. The second-order valence-corrected chi connectivity index (χ2v) is 32.4. The number of hydrogen-bond donors (Lipinski definition) is 0. The highest BCUT2D eigenvalue weighted by Gasteiger charge is 2.51. The van der Waals surface area contributed by atoms with Crippen LogP contribution in [0.3, 0.4) is 0 Å². The van der Waals surface area contributed by atoms with Gasteiger partial charge in [-0.3, -0.25) is 0 Å². The molecule has 0 bridgehead atoms. The van der Waals surface area contributed by atoms with Crippen molar-refractivity contribution in [3.63, 3.8) is 0 Å². The molecule has 0 heterocycles. The first-order valence-corrected chi connectivity index (χ1v) is 35.1. The monoisotopic (exact) mass is 1250 g/mol. The van der Waals surface area contributed by atoms with Gasteiger partial charge in [-0.15, -0.1) is 9.03 Å². The zero-order chi connectivity index (χ0) is 61.8. The standard InChI is InChI=1S/2C36H30NP2.2BF4/c2*1-7-19-31(20-8-1)38(32-21-9-2-10-22-32,33-23-11-3-12-24-33)37-39(34-25-13-4-14-26-34,35-27-15-5-16-28-35)36-29-17-6-18-30-36;2*2-1(3,4)5/h2*1-30H;;/q2*+1;2*-1. The molecular weight excluding hydrogens is 1190 g/mol. The van der Waals surface area contributed by atoms with Gasteiger partial charge in [0.1, 0.15) is 45.9 Å². The maximum absolute atomic E-state index is 9.75. The van der Waals surface area contributed by atoms with E-state index in [0.29, 0.717) is 0 Å².